The summed E-state index contributed by atoms with van der Waals surface area (Å²) in [5, 5.41) is 5.09. The van der Waals surface area contributed by atoms with Gasteiger partial charge in [0, 0.05) is 24.6 Å². The second-order valence-electron chi connectivity index (χ2n) is 6.43. The van der Waals surface area contributed by atoms with Crippen LogP contribution in [0.5, 0.6) is 11.5 Å². The number of halogens is 1. The third-order valence-electron chi connectivity index (χ3n) is 4.19. The van der Waals surface area contributed by atoms with E-state index < -0.39 is 11.8 Å². The van der Waals surface area contributed by atoms with Crippen molar-refractivity contribution in [2.24, 2.45) is 0 Å². The van der Waals surface area contributed by atoms with Crippen LogP contribution in [0, 0.1) is 5.82 Å². The van der Waals surface area contributed by atoms with Crippen LogP contribution in [-0.4, -0.2) is 23.3 Å². The van der Waals surface area contributed by atoms with Crippen LogP contribution in [0.1, 0.15) is 18.4 Å². The molecule has 1 aromatic heterocycles. The predicted octanol–water partition coefficient (Wildman–Crippen LogP) is 3.87. The highest BCUT2D eigenvalue weighted by atomic mass is 19.1. The van der Waals surface area contributed by atoms with Gasteiger partial charge in [-0.3, -0.25) is 14.6 Å². The Balaban J connectivity index is 1.49. The van der Waals surface area contributed by atoms with Crippen LogP contribution >= 0.6 is 0 Å². The molecule has 7 heteroatoms. The van der Waals surface area contributed by atoms with E-state index in [1.165, 1.54) is 12.1 Å². The Bertz CT molecular complexity index is 978. The number of aromatic nitrogens is 1. The van der Waals surface area contributed by atoms with E-state index in [-0.39, 0.29) is 18.3 Å². The summed E-state index contributed by atoms with van der Waals surface area (Å²) in [7, 11) is 0. The lowest BCUT2D eigenvalue weighted by Crippen LogP contribution is -2.37. The number of anilines is 1. The smallest absolute Gasteiger partial charge is 0.313 e. The first kappa shape index (κ1) is 20.0. The van der Waals surface area contributed by atoms with Crippen LogP contribution in [0.25, 0.3) is 0 Å². The van der Waals surface area contributed by atoms with E-state index in [4.69, 9.17) is 4.74 Å². The van der Waals surface area contributed by atoms with Gasteiger partial charge in [0.15, 0.2) is 0 Å². The van der Waals surface area contributed by atoms with Crippen LogP contribution in [-0.2, 0) is 9.59 Å². The molecule has 0 aliphatic heterocycles. The summed E-state index contributed by atoms with van der Waals surface area (Å²) >= 11 is 0. The van der Waals surface area contributed by atoms with Crippen molar-refractivity contribution in [1.29, 1.82) is 0 Å². The summed E-state index contributed by atoms with van der Waals surface area (Å²) in [5.74, 6) is -0.780. The molecule has 1 heterocycles. The summed E-state index contributed by atoms with van der Waals surface area (Å²) in [4.78, 5) is 28.0. The van der Waals surface area contributed by atoms with Gasteiger partial charge in [-0.25, -0.2) is 4.39 Å². The number of hydrogen-bond donors (Lipinski definition) is 2. The average molecular weight is 393 g/mol. The number of benzene rings is 2. The van der Waals surface area contributed by atoms with Crippen molar-refractivity contribution in [3.63, 3.8) is 0 Å². The van der Waals surface area contributed by atoms with Crippen molar-refractivity contribution in [2.45, 2.75) is 12.8 Å². The number of nitrogens with zero attached hydrogens (tertiary/aromatic N) is 1. The van der Waals surface area contributed by atoms with Crippen LogP contribution in [0.4, 0.5) is 10.1 Å². The van der Waals surface area contributed by atoms with E-state index >= 15 is 0 Å². The lowest BCUT2D eigenvalue weighted by molar-refractivity contribution is -0.136. The number of ether oxygens (including phenoxy) is 1. The van der Waals surface area contributed by atoms with Crippen molar-refractivity contribution < 1.29 is 18.7 Å². The van der Waals surface area contributed by atoms with Gasteiger partial charge in [0.1, 0.15) is 17.3 Å². The number of rotatable bonds is 6. The topological polar surface area (TPSA) is 80.3 Å². The number of amides is 2. The van der Waals surface area contributed by atoms with E-state index in [0.29, 0.717) is 17.2 Å². The largest absolute Gasteiger partial charge is 0.457 e. The molecule has 0 aliphatic carbocycles. The van der Waals surface area contributed by atoms with E-state index in [1.54, 1.807) is 60.9 Å². The summed E-state index contributed by atoms with van der Waals surface area (Å²) in [6.45, 7) is 2.06. The van der Waals surface area contributed by atoms with Gasteiger partial charge in [-0.05, 0) is 60.0 Å². The molecule has 1 atom stereocenters. The van der Waals surface area contributed by atoms with Gasteiger partial charge in [0.25, 0.3) is 0 Å². The molecule has 6 nitrogen and oxygen atoms in total. The molecule has 29 heavy (non-hydrogen) atoms. The molecule has 0 saturated heterocycles. The zero-order chi connectivity index (χ0) is 20.6. The molecule has 2 aromatic carbocycles. The zero-order valence-corrected chi connectivity index (χ0v) is 15.8. The first-order valence-corrected chi connectivity index (χ1v) is 9.04. The molecule has 2 N–H and O–H groups in total. The maximum Gasteiger partial charge on any atom is 0.313 e. The van der Waals surface area contributed by atoms with Crippen molar-refractivity contribution >= 4 is 17.5 Å². The highest BCUT2D eigenvalue weighted by Crippen LogP contribution is 2.22. The molecule has 0 saturated carbocycles. The maximum absolute atomic E-state index is 13.3. The molecule has 0 radical (unpaired) electrons. The van der Waals surface area contributed by atoms with Gasteiger partial charge < -0.3 is 15.4 Å². The number of carbonyl (C=O) groups is 2. The summed E-state index contributed by atoms with van der Waals surface area (Å²) in [6.07, 6.45) is 3.25. The lowest BCUT2D eigenvalue weighted by atomic mass is 10.0. The van der Waals surface area contributed by atoms with E-state index in [0.717, 1.165) is 5.56 Å². The highest BCUT2D eigenvalue weighted by molar-refractivity contribution is 6.39. The lowest BCUT2D eigenvalue weighted by Gasteiger charge is -2.13. The molecule has 2 amide bonds. The quantitative estimate of drug-likeness (QED) is 0.623. The SMILES string of the molecule is CC(CNC(=O)C(=O)Nc1ccc(Oc2ccncc2)cc1)c1cccc(F)c1. The Labute approximate surface area is 167 Å². The molecule has 1 unspecified atom stereocenters. The summed E-state index contributed by atoms with van der Waals surface area (Å²) in [5.41, 5.74) is 1.21. The van der Waals surface area contributed by atoms with Gasteiger partial charge in [-0.2, -0.15) is 0 Å². The molecule has 148 valence electrons. The van der Waals surface area contributed by atoms with Crippen molar-refractivity contribution in [3.05, 3.63) is 84.4 Å². The van der Waals surface area contributed by atoms with Gasteiger partial charge in [0.05, 0.1) is 0 Å². The first-order valence-electron chi connectivity index (χ1n) is 9.04. The van der Waals surface area contributed by atoms with Crippen LogP contribution in [0.15, 0.2) is 73.1 Å². The standard InChI is InChI=1S/C22H20FN3O3/c1-15(16-3-2-4-17(23)13-16)14-25-21(27)22(28)26-18-5-7-19(8-6-18)29-20-9-11-24-12-10-20/h2-13,15H,14H2,1H3,(H,25,27)(H,26,28). The van der Waals surface area contributed by atoms with E-state index in [2.05, 4.69) is 15.6 Å². The monoisotopic (exact) mass is 393 g/mol. The molecule has 0 aliphatic rings. The fraction of sp³-hybridized carbons (Fsp3) is 0.136. The maximum atomic E-state index is 13.3. The van der Waals surface area contributed by atoms with Crippen molar-refractivity contribution in [3.8, 4) is 11.5 Å². The number of carbonyl (C=O) groups excluding carboxylic acids is 2. The Morgan fingerprint density at radius 2 is 1.69 bits per heavy atom. The fourth-order valence-corrected chi connectivity index (χ4v) is 2.59. The second kappa shape index (κ2) is 9.45. The van der Waals surface area contributed by atoms with Gasteiger partial charge >= 0.3 is 11.8 Å². The third kappa shape index (κ3) is 5.87. The van der Waals surface area contributed by atoms with Gasteiger partial charge in [-0.1, -0.05) is 19.1 Å². The normalized spacial score (nSPS) is 11.4. The summed E-state index contributed by atoms with van der Waals surface area (Å²) < 4.78 is 18.9. The van der Waals surface area contributed by atoms with Crippen LogP contribution < -0.4 is 15.4 Å². The Hall–Kier alpha value is -3.74. The number of pyridine rings is 1. The third-order valence-corrected chi connectivity index (χ3v) is 4.19. The molecule has 3 aromatic rings. The highest BCUT2D eigenvalue weighted by Gasteiger charge is 2.15. The van der Waals surface area contributed by atoms with Gasteiger partial charge in [-0.15, -0.1) is 0 Å². The molecule has 0 bridgehead atoms. The van der Waals surface area contributed by atoms with Crippen molar-refractivity contribution in [1.82, 2.24) is 10.3 Å². The minimum absolute atomic E-state index is 0.132. The molecule has 0 spiro atoms. The fourth-order valence-electron chi connectivity index (χ4n) is 2.59. The molecule has 0 fully saturated rings. The predicted molar refractivity (Wildman–Crippen MR) is 107 cm³/mol. The second-order valence-corrected chi connectivity index (χ2v) is 6.43. The minimum Gasteiger partial charge on any atom is -0.457 e. The molecular formula is C22H20FN3O3. The molecular weight excluding hydrogens is 373 g/mol. The van der Waals surface area contributed by atoms with E-state index in [1.807, 2.05) is 6.92 Å². The molecule has 3 rings (SSSR count). The van der Waals surface area contributed by atoms with Crippen molar-refractivity contribution in [2.75, 3.05) is 11.9 Å². The first-order chi connectivity index (χ1) is 14.0. The average Bonchev–Trinajstić information content (AvgIpc) is 2.74. The Morgan fingerprint density at radius 3 is 2.38 bits per heavy atom. The van der Waals surface area contributed by atoms with Crippen LogP contribution in [0.3, 0.4) is 0 Å². The van der Waals surface area contributed by atoms with Gasteiger partial charge in [0.2, 0.25) is 0 Å². The zero-order valence-electron chi connectivity index (χ0n) is 15.8. The summed E-state index contributed by atoms with van der Waals surface area (Å²) in [6, 6.07) is 16.2. The van der Waals surface area contributed by atoms with E-state index in [9.17, 15) is 14.0 Å². The Morgan fingerprint density at radius 1 is 1.00 bits per heavy atom. The van der Waals surface area contributed by atoms with Crippen LogP contribution in [0.2, 0.25) is 0 Å². The minimum atomic E-state index is -0.778. The number of nitrogens with one attached hydrogen (secondary N) is 2. The number of hydrogen-bond acceptors (Lipinski definition) is 4. The Kier molecular flexibility index (Phi) is 6.52.